The summed E-state index contributed by atoms with van der Waals surface area (Å²) in [6.45, 7) is 8.15. The van der Waals surface area contributed by atoms with Gasteiger partial charge in [0.15, 0.2) is 0 Å². The summed E-state index contributed by atoms with van der Waals surface area (Å²) in [6.07, 6.45) is 5.32. The topological polar surface area (TPSA) is 32.5 Å². The molecule has 0 aromatic carbocycles. The molecule has 3 nitrogen and oxygen atoms in total. The summed E-state index contributed by atoms with van der Waals surface area (Å²) >= 11 is 0. The molecule has 0 aromatic heterocycles. The van der Waals surface area contributed by atoms with Crippen LogP contribution in [0.1, 0.15) is 32.6 Å². The van der Waals surface area contributed by atoms with Crippen LogP contribution in [0.15, 0.2) is 0 Å². The Balaban J connectivity index is 2.12. The van der Waals surface area contributed by atoms with Gasteiger partial charge in [0.2, 0.25) is 0 Å². The van der Waals surface area contributed by atoms with E-state index in [0.29, 0.717) is 0 Å². The quantitative estimate of drug-likeness (QED) is 0.735. The van der Waals surface area contributed by atoms with Crippen LogP contribution in [-0.4, -0.2) is 56.6 Å². The molecule has 1 rings (SSSR count). The molecule has 2 atom stereocenters. The normalized spacial score (nSPS) is 24.2. The number of hydrogen-bond donors (Lipinski definition) is 1. The maximum absolute atomic E-state index is 5.59. The Morgan fingerprint density at radius 3 is 2.88 bits per heavy atom. The van der Waals surface area contributed by atoms with Crippen LogP contribution in [0.5, 0.6) is 0 Å². The highest BCUT2D eigenvalue weighted by molar-refractivity contribution is 4.72. The van der Waals surface area contributed by atoms with E-state index in [0.717, 1.165) is 24.8 Å². The molecule has 0 spiro atoms. The average molecular weight is 241 g/mol. The molecule has 1 saturated heterocycles. The van der Waals surface area contributed by atoms with Gasteiger partial charge >= 0.3 is 0 Å². The van der Waals surface area contributed by atoms with Crippen LogP contribution >= 0.6 is 0 Å². The van der Waals surface area contributed by atoms with Crippen molar-refractivity contribution in [1.29, 1.82) is 0 Å². The van der Waals surface area contributed by atoms with Gasteiger partial charge in [0, 0.05) is 13.1 Å². The van der Waals surface area contributed by atoms with E-state index in [1.165, 1.54) is 45.4 Å². The van der Waals surface area contributed by atoms with Gasteiger partial charge in [0.05, 0.1) is 0 Å². The van der Waals surface area contributed by atoms with Crippen molar-refractivity contribution >= 4 is 0 Å². The first-order valence-electron chi connectivity index (χ1n) is 7.19. The number of rotatable bonds is 7. The maximum Gasteiger partial charge on any atom is 0.000709 e. The molecule has 102 valence electrons. The van der Waals surface area contributed by atoms with E-state index in [2.05, 4.69) is 30.8 Å². The summed E-state index contributed by atoms with van der Waals surface area (Å²) in [5.74, 6) is 1.65. The molecule has 0 bridgehead atoms. The minimum absolute atomic E-state index is 0.735. The molecular formula is C14H31N3. The molecule has 1 fully saturated rings. The summed E-state index contributed by atoms with van der Waals surface area (Å²) < 4.78 is 0. The van der Waals surface area contributed by atoms with Gasteiger partial charge in [-0.1, -0.05) is 6.92 Å². The first kappa shape index (κ1) is 14.9. The van der Waals surface area contributed by atoms with Crippen molar-refractivity contribution in [2.75, 3.05) is 46.8 Å². The summed E-state index contributed by atoms with van der Waals surface area (Å²) in [4.78, 5) is 4.96. The third-order valence-corrected chi connectivity index (χ3v) is 3.92. The Morgan fingerprint density at radius 2 is 2.24 bits per heavy atom. The second-order valence-corrected chi connectivity index (χ2v) is 6.00. The summed E-state index contributed by atoms with van der Waals surface area (Å²) in [5, 5.41) is 0. The van der Waals surface area contributed by atoms with Crippen LogP contribution in [0.2, 0.25) is 0 Å². The summed E-state index contributed by atoms with van der Waals surface area (Å²) in [5.41, 5.74) is 5.59. The number of likely N-dealkylation sites (tertiary alicyclic amines) is 1. The molecule has 3 heteroatoms. The minimum Gasteiger partial charge on any atom is -0.330 e. The molecule has 2 N–H and O–H groups in total. The van der Waals surface area contributed by atoms with Gasteiger partial charge in [0.25, 0.3) is 0 Å². The van der Waals surface area contributed by atoms with Gasteiger partial charge < -0.3 is 15.5 Å². The zero-order valence-electron chi connectivity index (χ0n) is 12.0. The van der Waals surface area contributed by atoms with Gasteiger partial charge in [-0.15, -0.1) is 0 Å². The third kappa shape index (κ3) is 6.39. The minimum atomic E-state index is 0.735. The van der Waals surface area contributed by atoms with E-state index in [4.69, 9.17) is 5.73 Å². The summed E-state index contributed by atoms with van der Waals surface area (Å²) in [7, 11) is 4.50. The van der Waals surface area contributed by atoms with Crippen molar-refractivity contribution < 1.29 is 0 Å². The molecule has 0 aromatic rings. The highest BCUT2D eigenvalue weighted by Gasteiger charge is 2.17. The van der Waals surface area contributed by atoms with E-state index >= 15 is 0 Å². The van der Waals surface area contributed by atoms with E-state index in [9.17, 15) is 0 Å². The van der Waals surface area contributed by atoms with E-state index in [-0.39, 0.29) is 0 Å². The maximum atomic E-state index is 5.59. The number of nitrogens with two attached hydrogens (primary N) is 1. The smallest absolute Gasteiger partial charge is 0.000709 e. The SMILES string of the molecule is CC(CCN)CN(C)CCC1CCCN(C)C1. The second-order valence-electron chi connectivity index (χ2n) is 6.00. The molecule has 1 aliphatic rings. The first-order valence-corrected chi connectivity index (χ1v) is 7.19. The highest BCUT2D eigenvalue weighted by Crippen LogP contribution is 2.18. The van der Waals surface area contributed by atoms with Gasteiger partial charge in [-0.2, -0.15) is 0 Å². The average Bonchev–Trinajstić information content (AvgIpc) is 2.27. The van der Waals surface area contributed by atoms with Crippen molar-refractivity contribution in [1.82, 2.24) is 9.80 Å². The molecule has 0 aliphatic carbocycles. The predicted octanol–water partition coefficient (Wildman–Crippen LogP) is 1.64. The monoisotopic (exact) mass is 241 g/mol. The van der Waals surface area contributed by atoms with Crippen LogP contribution < -0.4 is 5.73 Å². The van der Waals surface area contributed by atoms with Crippen LogP contribution in [-0.2, 0) is 0 Å². The lowest BCUT2D eigenvalue weighted by Crippen LogP contribution is -2.34. The fourth-order valence-corrected chi connectivity index (χ4v) is 2.91. The fraction of sp³-hybridized carbons (Fsp3) is 1.00. The molecular weight excluding hydrogens is 210 g/mol. The largest absolute Gasteiger partial charge is 0.330 e. The number of nitrogens with zero attached hydrogens (tertiary/aromatic N) is 2. The lowest BCUT2D eigenvalue weighted by molar-refractivity contribution is 0.180. The van der Waals surface area contributed by atoms with Crippen molar-refractivity contribution in [3.05, 3.63) is 0 Å². The Bertz CT molecular complexity index is 196. The molecule has 0 saturated carbocycles. The first-order chi connectivity index (χ1) is 8.11. The van der Waals surface area contributed by atoms with Crippen molar-refractivity contribution in [2.24, 2.45) is 17.6 Å². The lowest BCUT2D eigenvalue weighted by Gasteiger charge is -2.31. The summed E-state index contributed by atoms with van der Waals surface area (Å²) in [6, 6.07) is 0. The zero-order chi connectivity index (χ0) is 12.7. The number of hydrogen-bond acceptors (Lipinski definition) is 3. The molecule has 0 radical (unpaired) electrons. The molecule has 17 heavy (non-hydrogen) atoms. The van der Waals surface area contributed by atoms with Crippen LogP contribution in [0.3, 0.4) is 0 Å². The van der Waals surface area contributed by atoms with Gasteiger partial charge in [-0.05, 0) is 71.2 Å². The molecule has 2 unspecified atom stereocenters. The van der Waals surface area contributed by atoms with E-state index in [1.54, 1.807) is 0 Å². The molecule has 1 heterocycles. The van der Waals surface area contributed by atoms with Crippen molar-refractivity contribution in [3.63, 3.8) is 0 Å². The second kappa shape index (κ2) is 8.06. The highest BCUT2D eigenvalue weighted by atomic mass is 15.1. The Kier molecular flexibility index (Phi) is 7.09. The van der Waals surface area contributed by atoms with Crippen LogP contribution in [0, 0.1) is 11.8 Å². The predicted molar refractivity (Wildman–Crippen MR) is 75.2 cm³/mol. The van der Waals surface area contributed by atoms with Crippen molar-refractivity contribution in [3.8, 4) is 0 Å². The lowest BCUT2D eigenvalue weighted by atomic mass is 9.95. The third-order valence-electron chi connectivity index (χ3n) is 3.92. The van der Waals surface area contributed by atoms with E-state index in [1.807, 2.05) is 0 Å². The fourth-order valence-electron chi connectivity index (χ4n) is 2.91. The molecule has 1 aliphatic heterocycles. The van der Waals surface area contributed by atoms with Crippen LogP contribution in [0.25, 0.3) is 0 Å². The van der Waals surface area contributed by atoms with Gasteiger partial charge in [0.1, 0.15) is 0 Å². The Labute approximate surface area is 107 Å². The van der Waals surface area contributed by atoms with Gasteiger partial charge in [-0.3, -0.25) is 0 Å². The van der Waals surface area contributed by atoms with Crippen LogP contribution in [0.4, 0.5) is 0 Å². The Hall–Kier alpha value is -0.120. The standard InChI is InChI=1S/C14H31N3/c1-13(6-8-15)11-17(3)10-7-14-5-4-9-16(2)12-14/h13-14H,4-12,15H2,1-3H3. The molecule has 0 amide bonds. The van der Waals surface area contributed by atoms with E-state index < -0.39 is 0 Å². The van der Waals surface area contributed by atoms with Gasteiger partial charge in [-0.25, -0.2) is 0 Å². The van der Waals surface area contributed by atoms with Crippen molar-refractivity contribution in [2.45, 2.75) is 32.6 Å². The number of piperidine rings is 1. The Morgan fingerprint density at radius 1 is 1.47 bits per heavy atom. The zero-order valence-corrected chi connectivity index (χ0v) is 12.0.